The number of halogens is 4. The van der Waals surface area contributed by atoms with Crippen molar-refractivity contribution in [3.05, 3.63) is 75.0 Å². The first-order valence-electron chi connectivity index (χ1n) is 11.2. The van der Waals surface area contributed by atoms with Crippen molar-refractivity contribution in [3.63, 3.8) is 0 Å². The average molecular weight is 576 g/mol. The molecular formula is C24H17ClF3N7O3S. The Hall–Kier alpha value is -4.17. The lowest BCUT2D eigenvalue weighted by Gasteiger charge is -2.15. The number of aryl methyl sites for hydroxylation is 1. The maximum atomic E-state index is 13.3. The number of nitrogens with one attached hydrogen (secondary N) is 1. The number of thiazole rings is 1. The second kappa shape index (κ2) is 10.2. The average Bonchev–Trinajstić information content (AvgIpc) is 3.46. The molecule has 0 radical (unpaired) electrons. The molecule has 1 N–H and O–H groups in total. The highest BCUT2D eigenvalue weighted by Gasteiger charge is 2.34. The van der Waals surface area contributed by atoms with Gasteiger partial charge in [0.05, 0.1) is 42.5 Å². The van der Waals surface area contributed by atoms with Gasteiger partial charge in [0.15, 0.2) is 16.5 Å². The Morgan fingerprint density at radius 3 is 2.56 bits per heavy atom. The van der Waals surface area contributed by atoms with Gasteiger partial charge in [-0.2, -0.15) is 13.2 Å². The summed E-state index contributed by atoms with van der Waals surface area (Å²) < 4.78 is 43.6. The number of rotatable bonds is 5. The Morgan fingerprint density at radius 2 is 1.90 bits per heavy atom. The number of carbonyl (C=O) groups is 2. The molecule has 0 fully saturated rings. The van der Waals surface area contributed by atoms with Gasteiger partial charge in [0.25, 0.3) is 11.8 Å². The van der Waals surface area contributed by atoms with Crippen LogP contribution in [0.15, 0.2) is 36.7 Å². The molecule has 39 heavy (non-hydrogen) atoms. The number of anilines is 1. The minimum atomic E-state index is -4.65. The molecule has 10 nitrogen and oxygen atoms in total. The number of hydrogen-bond acceptors (Lipinski definition) is 9. The number of nitrogens with zero attached hydrogens (tertiary/aromatic N) is 6. The predicted molar refractivity (Wildman–Crippen MR) is 134 cm³/mol. The maximum absolute atomic E-state index is 13.3. The van der Waals surface area contributed by atoms with Crippen LogP contribution in [0.25, 0.3) is 11.1 Å². The number of amides is 2. The van der Waals surface area contributed by atoms with Gasteiger partial charge in [-0.1, -0.05) is 22.9 Å². The molecule has 1 aliphatic heterocycles. The zero-order valence-electron chi connectivity index (χ0n) is 20.2. The van der Waals surface area contributed by atoms with Crippen LogP contribution in [0.2, 0.25) is 5.15 Å². The summed E-state index contributed by atoms with van der Waals surface area (Å²) in [6, 6.07) is 5.03. The van der Waals surface area contributed by atoms with E-state index >= 15 is 0 Å². The van der Waals surface area contributed by atoms with Crippen LogP contribution in [0.4, 0.5) is 18.3 Å². The molecule has 15 heteroatoms. The quantitative estimate of drug-likeness (QED) is 0.337. The first-order valence-corrected chi connectivity index (χ1v) is 12.4. The maximum Gasteiger partial charge on any atom is 0.435 e. The number of methoxy groups -OCH3 is 1. The third-order valence-electron chi connectivity index (χ3n) is 5.76. The fraction of sp³-hybridized carbons (Fsp3) is 0.208. The number of ether oxygens (including phenoxy) is 1. The molecule has 0 bridgehead atoms. The summed E-state index contributed by atoms with van der Waals surface area (Å²) >= 11 is 7.28. The third kappa shape index (κ3) is 5.38. The fourth-order valence-electron chi connectivity index (χ4n) is 3.92. The fourth-order valence-corrected chi connectivity index (χ4v) is 5.05. The highest BCUT2D eigenvalue weighted by atomic mass is 35.5. The van der Waals surface area contributed by atoms with Gasteiger partial charge in [0, 0.05) is 23.0 Å². The van der Waals surface area contributed by atoms with Gasteiger partial charge in [-0.15, -0.1) is 10.2 Å². The summed E-state index contributed by atoms with van der Waals surface area (Å²) in [5, 5.41) is 9.84. The lowest BCUT2D eigenvalue weighted by atomic mass is 10.0. The second-order valence-electron chi connectivity index (χ2n) is 8.38. The smallest absolute Gasteiger partial charge is 0.435 e. The molecule has 0 atom stereocenters. The summed E-state index contributed by atoms with van der Waals surface area (Å²) in [5.74, 6) is -0.616. The largest absolute Gasteiger partial charge is 0.494 e. The van der Waals surface area contributed by atoms with E-state index in [9.17, 15) is 22.8 Å². The van der Waals surface area contributed by atoms with E-state index in [1.807, 2.05) is 0 Å². The Kier molecular flexibility index (Phi) is 6.91. The number of carbonyl (C=O) groups excluding carboxylic acids is 2. The van der Waals surface area contributed by atoms with Gasteiger partial charge in [0.2, 0.25) is 0 Å². The molecule has 0 spiro atoms. The predicted octanol–water partition coefficient (Wildman–Crippen LogP) is 4.79. The normalized spacial score (nSPS) is 12.8. The Balaban J connectivity index is 1.32. The number of pyridine rings is 2. The number of fused-ring (bicyclic) bond motifs is 1. The van der Waals surface area contributed by atoms with Crippen LogP contribution in [0.3, 0.4) is 0 Å². The molecule has 2 amide bonds. The summed E-state index contributed by atoms with van der Waals surface area (Å²) in [4.78, 5) is 40.8. The van der Waals surface area contributed by atoms with E-state index in [-0.39, 0.29) is 29.5 Å². The van der Waals surface area contributed by atoms with Crippen molar-refractivity contribution in [2.75, 3.05) is 12.4 Å². The lowest BCUT2D eigenvalue weighted by Crippen LogP contribution is -2.27. The third-order valence-corrected chi connectivity index (χ3v) is 6.97. The topological polar surface area (TPSA) is 123 Å². The zero-order valence-corrected chi connectivity index (χ0v) is 21.8. The van der Waals surface area contributed by atoms with Crippen LogP contribution in [0, 0.1) is 6.92 Å². The molecule has 5 rings (SSSR count). The minimum Gasteiger partial charge on any atom is -0.494 e. The number of hydrogen-bond donors (Lipinski definition) is 1. The van der Waals surface area contributed by atoms with Crippen molar-refractivity contribution in [2.45, 2.75) is 26.2 Å². The van der Waals surface area contributed by atoms with Crippen molar-refractivity contribution >= 4 is 39.9 Å². The van der Waals surface area contributed by atoms with E-state index in [1.54, 1.807) is 19.1 Å². The van der Waals surface area contributed by atoms with Crippen molar-refractivity contribution in [1.29, 1.82) is 0 Å². The van der Waals surface area contributed by atoms with Gasteiger partial charge in [-0.05, 0) is 31.2 Å². The van der Waals surface area contributed by atoms with Gasteiger partial charge >= 0.3 is 6.18 Å². The molecule has 200 valence electrons. The van der Waals surface area contributed by atoms with Crippen LogP contribution in [0.5, 0.6) is 5.75 Å². The monoisotopic (exact) mass is 575 g/mol. The van der Waals surface area contributed by atoms with Crippen LogP contribution in [-0.4, -0.2) is 49.0 Å². The summed E-state index contributed by atoms with van der Waals surface area (Å²) in [7, 11) is 1.48. The van der Waals surface area contributed by atoms with E-state index in [4.69, 9.17) is 16.3 Å². The summed E-state index contributed by atoms with van der Waals surface area (Å²) in [6.45, 7) is 2.05. The SMILES string of the molecule is COc1cnc(Cl)cc1-c1cc(C)ncc1C(=O)Nc1nc2c(s1)CN(C(=O)c1ccc(C(F)(F)F)nn1)C2. The van der Waals surface area contributed by atoms with Crippen molar-refractivity contribution in [2.24, 2.45) is 0 Å². The highest BCUT2D eigenvalue weighted by molar-refractivity contribution is 7.16. The van der Waals surface area contributed by atoms with Gasteiger partial charge in [0.1, 0.15) is 10.9 Å². The number of aromatic nitrogens is 5. The zero-order chi connectivity index (χ0) is 27.9. The lowest BCUT2D eigenvalue weighted by molar-refractivity contribution is -0.141. The number of alkyl halides is 3. The standard InChI is InChI=1S/C24H17ClF3N7O3S/c1-11-5-12(13-6-20(25)30-8-17(13)38-2)14(7-29-11)21(36)32-23-31-16-9-35(10-18(16)39-23)22(37)15-3-4-19(34-33-15)24(26,27)28/h3-8H,9-10H2,1-2H3,(H,31,32,36). The molecule has 4 aromatic heterocycles. The Bertz CT molecular complexity index is 1570. The molecule has 4 aromatic rings. The molecule has 0 saturated heterocycles. The van der Waals surface area contributed by atoms with Crippen molar-refractivity contribution in [1.82, 2.24) is 30.0 Å². The molecule has 1 aliphatic rings. The van der Waals surface area contributed by atoms with Crippen LogP contribution >= 0.6 is 22.9 Å². The Morgan fingerprint density at radius 1 is 1.10 bits per heavy atom. The van der Waals surface area contributed by atoms with Crippen molar-refractivity contribution < 1.29 is 27.5 Å². The minimum absolute atomic E-state index is 0.104. The molecule has 5 heterocycles. The summed E-state index contributed by atoms with van der Waals surface area (Å²) in [5.41, 5.74) is 1.21. The van der Waals surface area contributed by atoms with Gasteiger partial charge in [-0.3, -0.25) is 19.9 Å². The van der Waals surface area contributed by atoms with E-state index in [2.05, 4.69) is 30.5 Å². The second-order valence-corrected chi connectivity index (χ2v) is 9.86. The van der Waals surface area contributed by atoms with E-state index in [0.29, 0.717) is 39.5 Å². The first kappa shape index (κ1) is 26.4. The van der Waals surface area contributed by atoms with E-state index in [0.717, 1.165) is 10.9 Å². The molecule has 0 aromatic carbocycles. The highest BCUT2D eigenvalue weighted by Crippen LogP contribution is 2.36. The van der Waals surface area contributed by atoms with E-state index < -0.39 is 23.7 Å². The Labute approximate surface area is 227 Å². The van der Waals surface area contributed by atoms with Gasteiger partial charge < -0.3 is 9.64 Å². The van der Waals surface area contributed by atoms with Crippen LogP contribution in [-0.2, 0) is 19.3 Å². The molecule has 0 unspecified atom stereocenters. The molecular weight excluding hydrogens is 559 g/mol. The molecule has 0 saturated carbocycles. The van der Waals surface area contributed by atoms with E-state index in [1.165, 1.54) is 35.7 Å². The molecule has 0 aliphatic carbocycles. The summed E-state index contributed by atoms with van der Waals surface area (Å²) in [6.07, 6.45) is -1.74. The van der Waals surface area contributed by atoms with Crippen molar-refractivity contribution in [3.8, 4) is 16.9 Å². The van der Waals surface area contributed by atoms with Gasteiger partial charge in [-0.25, -0.2) is 9.97 Å². The van der Waals surface area contributed by atoms with Crippen LogP contribution < -0.4 is 10.1 Å². The first-order chi connectivity index (χ1) is 18.5. The van der Waals surface area contributed by atoms with Crippen LogP contribution in [0.1, 0.15) is 42.8 Å².